The van der Waals surface area contributed by atoms with Crippen molar-refractivity contribution < 1.29 is 20.1 Å². The normalized spacial score (nSPS) is 34.0. The van der Waals surface area contributed by atoms with Crippen LogP contribution in [-0.4, -0.2) is 28.2 Å². The van der Waals surface area contributed by atoms with Crippen LogP contribution in [0.1, 0.15) is 12.8 Å². The summed E-state index contributed by atoms with van der Waals surface area (Å²) in [6.45, 7) is 0.616. The highest BCUT2D eigenvalue weighted by Gasteiger charge is 2.43. The highest BCUT2D eigenvalue weighted by molar-refractivity contribution is 5.47. The molecule has 0 radical (unpaired) electrons. The number of hydrogen-bond donors (Lipinski definition) is 4. The van der Waals surface area contributed by atoms with Crippen LogP contribution in [0, 0.1) is 11.8 Å². The summed E-state index contributed by atoms with van der Waals surface area (Å²) in [7, 11) is 0. The SMILES string of the molecule is OC1=CCC2=C(C=C1)[C@H]1C3=C(C=C(O)C(O)N3)CC1CO2. The van der Waals surface area contributed by atoms with Gasteiger partial charge in [-0.1, -0.05) is 6.08 Å². The molecule has 0 aromatic heterocycles. The minimum atomic E-state index is -1.05. The Hall–Kier alpha value is -2.14. The first-order chi connectivity index (χ1) is 10.1. The van der Waals surface area contributed by atoms with Gasteiger partial charge in [0, 0.05) is 24.0 Å². The van der Waals surface area contributed by atoms with Crippen molar-refractivity contribution in [1.82, 2.24) is 5.32 Å². The molecule has 4 rings (SSSR count). The number of ether oxygens (including phenoxy) is 1. The second kappa shape index (κ2) is 4.43. The van der Waals surface area contributed by atoms with Crippen LogP contribution in [0.2, 0.25) is 0 Å². The molecule has 0 amide bonds. The predicted octanol–water partition coefficient (Wildman–Crippen LogP) is 1.93. The van der Waals surface area contributed by atoms with Crippen LogP contribution >= 0.6 is 0 Å². The zero-order valence-electron chi connectivity index (χ0n) is 11.4. The molecule has 2 heterocycles. The summed E-state index contributed by atoms with van der Waals surface area (Å²) in [5, 5.41) is 32.2. The van der Waals surface area contributed by atoms with E-state index in [2.05, 4.69) is 5.32 Å². The minimum Gasteiger partial charge on any atom is -0.508 e. The molecule has 2 unspecified atom stereocenters. The van der Waals surface area contributed by atoms with Gasteiger partial charge in [-0.2, -0.15) is 0 Å². The first kappa shape index (κ1) is 12.6. The Morgan fingerprint density at radius 1 is 1.24 bits per heavy atom. The molecule has 4 N–H and O–H groups in total. The molecule has 2 aliphatic heterocycles. The molecule has 0 bridgehead atoms. The van der Waals surface area contributed by atoms with Crippen molar-refractivity contribution in [3.05, 3.63) is 58.4 Å². The van der Waals surface area contributed by atoms with Gasteiger partial charge in [0.05, 0.1) is 6.61 Å². The van der Waals surface area contributed by atoms with E-state index in [1.807, 2.05) is 6.08 Å². The lowest BCUT2D eigenvalue weighted by molar-refractivity contribution is 0.109. The monoisotopic (exact) mass is 287 g/mol. The van der Waals surface area contributed by atoms with Crippen LogP contribution in [0.5, 0.6) is 0 Å². The highest BCUT2D eigenvalue weighted by Crippen LogP contribution is 2.47. The maximum atomic E-state index is 9.83. The van der Waals surface area contributed by atoms with Crippen molar-refractivity contribution >= 4 is 0 Å². The average molecular weight is 287 g/mol. The van der Waals surface area contributed by atoms with Crippen molar-refractivity contribution in [3.8, 4) is 0 Å². The van der Waals surface area contributed by atoms with Crippen molar-refractivity contribution in [3.63, 3.8) is 0 Å². The first-order valence-electron chi connectivity index (χ1n) is 7.14. The van der Waals surface area contributed by atoms with Gasteiger partial charge >= 0.3 is 0 Å². The number of nitrogens with one attached hydrogen (secondary N) is 1. The molecular formula is C16H17NO4. The maximum absolute atomic E-state index is 9.83. The predicted molar refractivity (Wildman–Crippen MR) is 75.9 cm³/mol. The number of rotatable bonds is 0. The Labute approximate surface area is 122 Å². The van der Waals surface area contributed by atoms with Crippen molar-refractivity contribution in [2.75, 3.05) is 6.61 Å². The van der Waals surface area contributed by atoms with Crippen molar-refractivity contribution in [2.45, 2.75) is 19.1 Å². The van der Waals surface area contributed by atoms with Crippen molar-refractivity contribution in [2.24, 2.45) is 11.8 Å². The highest BCUT2D eigenvalue weighted by atomic mass is 16.5. The molecule has 4 aliphatic rings. The zero-order valence-corrected chi connectivity index (χ0v) is 11.4. The molecule has 110 valence electrons. The van der Waals surface area contributed by atoms with Crippen LogP contribution in [0.25, 0.3) is 0 Å². The van der Waals surface area contributed by atoms with Gasteiger partial charge < -0.3 is 25.4 Å². The van der Waals surface area contributed by atoms with Gasteiger partial charge in [0.2, 0.25) is 0 Å². The molecular weight excluding hydrogens is 270 g/mol. The molecule has 2 aliphatic carbocycles. The summed E-state index contributed by atoms with van der Waals surface area (Å²) in [6, 6.07) is 0. The summed E-state index contributed by atoms with van der Waals surface area (Å²) < 4.78 is 5.86. The lowest BCUT2D eigenvalue weighted by Crippen LogP contribution is -2.37. The molecule has 5 nitrogen and oxygen atoms in total. The van der Waals surface area contributed by atoms with Crippen LogP contribution in [-0.2, 0) is 4.74 Å². The Kier molecular flexibility index (Phi) is 2.65. The zero-order chi connectivity index (χ0) is 14.6. The van der Waals surface area contributed by atoms with Crippen LogP contribution in [0.4, 0.5) is 0 Å². The quantitative estimate of drug-likeness (QED) is 0.547. The lowest BCUT2D eigenvalue weighted by atomic mass is 9.84. The Morgan fingerprint density at radius 2 is 2.10 bits per heavy atom. The summed E-state index contributed by atoms with van der Waals surface area (Å²) in [4.78, 5) is 0. The second-order valence-electron chi connectivity index (χ2n) is 5.85. The fourth-order valence-corrected chi connectivity index (χ4v) is 3.59. The third-order valence-electron chi connectivity index (χ3n) is 4.56. The minimum absolute atomic E-state index is 0.0433. The Morgan fingerprint density at radius 3 is 2.95 bits per heavy atom. The summed E-state index contributed by atoms with van der Waals surface area (Å²) >= 11 is 0. The second-order valence-corrected chi connectivity index (χ2v) is 5.85. The van der Waals surface area contributed by atoms with E-state index >= 15 is 0 Å². The van der Waals surface area contributed by atoms with Crippen LogP contribution in [0.15, 0.2) is 58.4 Å². The van der Waals surface area contributed by atoms with Gasteiger partial charge in [0.1, 0.15) is 17.3 Å². The molecule has 0 fully saturated rings. The van der Waals surface area contributed by atoms with E-state index in [1.165, 1.54) is 0 Å². The van der Waals surface area contributed by atoms with Gasteiger partial charge in [-0.05, 0) is 35.8 Å². The van der Waals surface area contributed by atoms with Gasteiger partial charge in [-0.3, -0.25) is 0 Å². The van der Waals surface area contributed by atoms with Gasteiger partial charge in [-0.25, -0.2) is 0 Å². The van der Waals surface area contributed by atoms with E-state index < -0.39 is 6.23 Å². The molecule has 5 heteroatoms. The van der Waals surface area contributed by atoms with Gasteiger partial charge in [0.25, 0.3) is 0 Å². The third-order valence-corrected chi connectivity index (χ3v) is 4.56. The topological polar surface area (TPSA) is 82.0 Å². The smallest absolute Gasteiger partial charge is 0.183 e. The summed E-state index contributed by atoms with van der Waals surface area (Å²) in [6.07, 6.45) is 7.31. The molecule has 0 saturated carbocycles. The number of aliphatic hydroxyl groups excluding tert-OH is 3. The molecule has 21 heavy (non-hydrogen) atoms. The van der Waals surface area contributed by atoms with E-state index in [0.29, 0.717) is 18.9 Å². The Bertz CT molecular complexity index is 653. The van der Waals surface area contributed by atoms with E-state index in [4.69, 9.17) is 4.74 Å². The fraction of sp³-hybridized carbons (Fsp3) is 0.375. The fourth-order valence-electron chi connectivity index (χ4n) is 3.59. The molecule has 0 aromatic rings. The number of aliphatic hydroxyl groups is 3. The number of allylic oxidation sites excluding steroid dienone is 6. The summed E-state index contributed by atoms with van der Waals surface area (Å²) in [5.74, 6) is 1.49. The maximum Gasteiger partial charge on any atom is 0.183 e. The van der Waals surface area contributed by atoms with Crippen molar-refractivity contribution in [1.29, 1.82) is 0 Å². The van der Waals surface area contributed by atoms with Crippen LogP contribution in [0.3, 0.4) is 0 Å². The molecule has 0 saturated heterocycles. The summed E-state index contributed by atoms with van der Waals surface area (Å²) in [5.41, 5.74) is 3.04. The van der Waals surface area contributed by atoms with Crippen LogP contribution < -0.4 is 5.32 Å². The lowest BCUT2D eigenvalue weighted by Gasteiger charge is -2.32. The van der Waals surface area contributed by atoms with E-state index in [9.17, 15) is 15.3 Å². The molecule has 3 atom stereocenters. The molecule has 0 aromatic carbocycles. The number of hydrogen-bond acceptors (Lipinski definition) is 5. The largest absolute Gasteiger partial charge is 0.508 e. The van der Waals surface area contributed by atoms with Gasteiger partial charge in [-0.15, -0.1) is 0 Å². The van der Waals surface area contributed by atoms with E-state index in [1.54, 1.807) is 18.2 Å². The number of dihydropyridines is 1. The Balaban J connectivity index is 1.77. The van der Waals surface area contributed by atoms with E-state index in [-0.39, 0.29) is 17.4 Å². The standard InChI is InChI=1S/C16H17NO4/c18-10-1-3-11-13(4-2-10)21-7-9-5-8-6-12(19)16(20)17-15(8)14(9)11/h1-3,6,9,14,16-20H,4-5,7H2/t9?,14-,16?/m0/s1. The first-order valence-corrected chi connectivity index (χ1v) is 7.14. The molecule has 0 spiro atoms. The average Bonchev–Trinajstić information content (AvgIpc) is 2.69. The van der Waals surface area contributed by atoms with E-state index in [0.717, 1.165) is 29.0 Å². The van der Waals surface area contributed by atoms with Gasteiger partial charge in [0.15, 0.2) is 6.23 Å². The third kappa shape index (κ3) is 1.88. The number of fused-ring (bicyclic) bond motifs is 3.